The number of nitrogens with one attached hydrogen (secondary N) is 1. The molecule has 0 spiro atoms. The molecule has 0 aliphatic carbocycles. The Hall–Kier alpha value is -2.59. The van der Waals surface area contributed by atoms with Gasteiger partial charge in [-0.3, -0.25) is 0 Å². The van der Waals surface area contributed by atoms with Crippen LogP contribution in [0.2, 0.25) is 5.02 Å². The third-order valence-electron chi connectivity index (χ3n) is 4.43. The van der Waals surface area contributed by atoms with Gasteiger partial charge in [-0.25, -0.2) is 9.97 Å². The topological polar surface area (TPSA) is 41.0 Å². The van der Waals surface area contributed by atoms with E-state index in [-0.39, 0.29) is 0 Å². The van der Waals surface area contributed by atoms with Gasteiger partial charge in [0.2, 0.25) is 0 Å². The van der Waals surface area contributed by atoms with Gasteiger partial charge in [-0.15, -0.1) is 0 Å². The number of aromatic nitrogens is 2. The van der Waals surface area contributed by atoms with Gasteiger partial charge in [-0.1, -0.05) is 41.9 Å². The van der Waals surface area contributed by atoms with Gasteiger partial charge in [0, 0.05) is 29.9 Å². The van der Waals surface area contributed by atoms with Gasteiger partial charge in [-0.05, 0) is 42.2 Å². The molecule has 1 aliphatic heterocycles. The maximum absolute atomic E-state index is 5.93. The summed E-state index contributed by atoms with van der Waals surface area (Å²) < 4.78 is 0. The summed E-state index contributed by atoms with van der Waals surface area (Å²) in [5.41, 5.74) is 3.78. The lowest BCUT2D eigenvalue weighted by Crippen LogP contribution is -2.25. The number of rotatable bonds is 4. The number of para-hydroxylation sites is 1. The molecule has 0 unspecified atom stereocenters. The molecule has 0 amide bonds. The molecule has 126 valence electrons. The minimum atomic E-state index is 0.699. The van der Waals surface area contributed by atoms with Crippen LogP contribution in [0.5, 0.6) is 0 Å². The van der Waals surface area contributed by atoms with Gasteiger partial charge in [-0.2, -0.15) is 0 Å². The van der Waals surface area contributed by atoms with Gasteiger partial charge in [0.1, 0.15) is 18.0 Å². The van der Waals surface area contributed by atoms with Crippen LogP contribution in [-0.4, -0.2) is 16.5 Å². The fourth-order valence-corrected chi connectivity index (χ4v) is 3.28. The van der Waals surface area contributed by atoms with E-state index in [0.29, 0.717) is 6.54 Å². The van der Waals surface area contributed by atoms with Crippen molar-refractivity contribution in [2.24, 2.45) is 0 Å². The maximum Gasteiger partial charge on any atom is 0.138 e. The molecular formula is C20H19ClN4. The SMILES string of the molecule is Clc1ccc(CNc2cc(N3CCCc4ccccc43)ncn2)cc1. The summed E-state index contributed by atoms with van der Waals surface area (Å²) in [6.07, 6.45) is 3.88. The molecule has 2 heterocycles. The van der Waals surface area contributed by atoms with Crippen LogP contribution in [0, 0.1) is 0 Å². The number of fused-ring (bicyclic) bond motifs is 1. The van der Waals surface area contributed by atoms with Crippen LogP contribution >= 0.6 is 11.6 Å². The van der Waals surface area contributed by atoms with Crippen molar-refractivity contribution in [3.63, 3.8) is 0 Å². The molecule has 0 bridgehead atoms. The lowest BCUT2D eigenvalue weighted by Gasteiger charge is -2.30. The monoisotopic (exact) mass is 350 g/mol. The number of anilines is 3. The number of halogens is 1. The molecule has 0 saturated heterocycles. The van der Waals surface area contributed by atoms with Crippen LogP contribution < -0.4 is 10.2 Å². The molecule has 4 nitrogen and oxygen atoms in total. The van der Waals surface area contributed by atoms with Crippen LogP contribution in [0.25, 0.3) is 0 Å². The van der Waals surface area contributed by atoms with E-state index in [4.69, 9.17) is 11.6 Å². The predicted molar refractivity (Wildman–Crippen MR) is 103 cm³/mol. The molecule has 25 heavy (non-hydrogen) atoms. The van der Waals surface area contributed by atoms with Gasteiger partial charge in [0.05, 0.1) is 0 Å². The van der Waals surface area contributed by atoms with E-state index >= 15 is 0 Å². The Labute approximate surface area is 152 Å². The number of hydrogen-bond donors (Lipinski definition) is 1. The van der Waals surface area contributed by atoms with Gasteiger partial charge in [0.15, 0.2) is 0 Å². The van der Waals surface area contributed by atoms with Crippen LogP contribution in [0.4, 0.5) is 17.3 Å². The summed E-state index contributed by atoms with van der Waals surface area (Å²) in [5, 5.41) is 4.11. The van der Waals surface area contributed by atoms with Crippen molar-refractivity contribution < 1.29 is 0 Å². The molecule has 1 aliphatic rings. The molecule has 4 rings (SSSR count). The van der Waals surface area contributed by atoms with E-state index in [1.165, 1.54) is 11.3 Å². The molecule has 0 atom stereocenters. The third kappa shape index (κ3) is 3.59. The summed E-state index contributed by atoms with van der Waals surface area (Å²) in [7, 11) is 0. The Morgan fingerprint density at radius 1 is 1.04 bits per heavy atom. The minimum Gasteiger partial charge on any atom is -0.366 e. The molecular weight excluding hydrogens is 332 g/mol. The Morgan fingerprint density at radius 2 is 1.88 bits per heavy atom. The second-order valence-electron chi connectivity index (χ2n) is 6.13. The van der Waals surface area contributed by atoms with E-state index in [9.17, 15) is 0 Å². The zero-order valence-electron chi connectivity index (χ0n) is 13.8. The first-order chi connectivity index (χ1) is 12.3. The number of aryl methyl sites for hydroxylation is 1. The zero-order valence-corrected chi connectivity index (χ0v) is 14.6. The Balaban J connectivity index is 1.53. The van der Waals surface area contributed by atoms with Crippen LogP contribution in [-0.2, 0) is 13.0 Å². The van der Waals surface area contributed by atoms with Crippen LogP contribution in [0.3, 0.4) is 0 Å². The highest BCUT2D eigenvalue weighted by Crippen LogP contribution is 2.32. The normalized spacial score (nSPS) is 13.4. The van der Waals surface area contributed by atoms with Crippen molar-refractivity contribution in [3.05, 3.63) is 77.1 Å². The van der Waals surface area contributed by atoms with Crippen molar-refractivity contribution in [3.8, 4) is 0 Å². The second-order valence-corrected chi connectivity index (χ2v) is 6.56. The largest absolute Gasteiger partial charge is 0.366 e. The summed E-state index contributed by atoms with van der Waals surface area (Å²) in [4.78, 5) is 11.1. The van der Waals surface area contributed by atoms with E-state index < -0.39 is 0 Å². The first-order valence-electron chi connectivity index (χ1n) is 8.45. The fraction of sp³-hybridized carbons (Fsp3) is 0.200. The van der Waals surface area contributed by atoms with Crippen molar-refractivity contribution in [2.75, 3.05) is 16.8 Å². The zero-order chi connectivity index (χ0) is 17.1. The highest BCUT2D eigenvalue weighted by atomic mass is 35.5. The molecule has 0 saturated carbocycles. The quantitative estimate of drug-likeness (QED) is 0.732. The fourth-order valence-electron chi connectivity index (χ4n) is 3.16. The molecule has 1 aromatic heterocycles. The van der Waals surface area contributed by atoms with Gasteiger partial charge < -0.3 is 10.2 Å². The minimum absolute atomic E-state index is 0.699. The van der Waals surface area contributed by atoms with E-state index in [1.807, 2.05) is 30.3 Å². The Bertz CT molecular complexity index is 864. The third-order valence-corrected chi connectivity index (χ3v) is 4.68. The molecule has 0 radical (unpaired) electrons. The first-order valence-corrected chi connectivity index (χ1v) is 8.83. The maximum atomic E-state index is 5.93. The Kier molecular flexibility index (Phi) is 4.53. The summed E-state index contributed by atoms with van der Waals surface area (Å²) in [5.74, 6) is 1.75. The van der Waals surface area contributed by atoms with Crippen LogP contribution in [0.15, 0.2) is 60.9 Å². The van der Waals surface area contributed by atoms with Crippen molar-refractivity contribution in [1.29, 1.82) is 0 Å². The van der Waals surface area contributed by atoms with Crippen molar-refractivity contribution in [2.45, 2.75) is 19.4 Å². The smallest absolute Gasteiger partial charge is 0.138 e. The molecule has 0 fully saturated rings. The number of hydrogen-bond acceptors (Lipinski definition) is 4. The van der Waals surface area contributed by atoms with Gasteiger partial charge >= 0.3 is 0 Å². The van der Waals surface area contributed by atoms with Crippen LogP contribution in [0.1, 0.15) is 17.5 Å². The molecule has 2 aromatic carbocycles. The predicted octanol–water partition coefficient (Wildman–Crippen LogP) is 4.83. The van der Waals surface area contributed by atoms with E-state index in [1.54, 1.807) is 6.33 Å². The second kappa shape index (κ2) is 7.11. The highest BCUT2D eigenvalue weighted by molar-refractivity contribution is 6.30. The lowest BCUT2D eigenvalue weighted by molar-refractivity contribution is 0.758. The number of benzene rings is 2. The average molecular weight is 351 g/mol. The number of nitrogens with zero attached hydrogens (tertiary/aromatic N) is 3. The molecule has 3 aromatic rings. The van der Waals surface area contributed by atoms with Crippen molar-refractivity contribution >= 4 is 28.9 Å². The highest BCUT2D eigenvalue weighted by Gasteiger charge is 2.18. The average Bonchev–Trinajstić information content (AvgIpc) is 2.67. The molecule has 1 N–H and O–H groups in total. The standard InChI is InChI=1S/C20H19ClN4/c21-17-9-7-15(8-10-17)13-22-19-12-20(24-14-23-19)25-11-3-5-16-4-1-2-6-18(16)25/h1-2,4,6-10,12,14H,3,5,11,13H2,(H,22,23,24). The van der Waals surface area contributed by atoms with Crippen molar-refractivity contribution in [1.82, 2.24) is 9.97 Å². The Morgan fingerprint density at radius 3 is 2.76 bits per heavy atom. The summed E-state index contributed by atoms with van der Waals surface area (Å²) >= 11 is 5.93. The summed E-state index contributed by atoms with van der Waals surface area (Å²) in [6, 6.07) is 18.4. The lowest BCUT2D eigenvalue weighted by atomic mass is 10.0. The summed E-state index contributed by atoms with van der Waals surface area (Å²) in [6.45, 7) is 1.68. The van der Waals surface area contributed by atoms with E-state index in [2.05, 4.69) is 44.5 Å². The first kappa shape index (κ1) is 15.9. The van der Waals surface area contributed by atoms with E-state index in [0.717, 1.165) is 41.6 Å². The molecule has 5 heteroatoms. The van der Waals surface area contributed by atoms with Gasteiger partial charge in [0.25, 0.3) is 0 Å².